The van der Waals surface area contributed by atoms with Gasteiger partial charge in [0, 0.05) is 76.1 Å². The van der Waals surface area contributed by atoms with Gasteiger partial charge in [-0.3, -0.25) is 4.79 Å². The summed E-state index contributed by atoms with van der Waals surface area (Å²) >= 11 is 0. The summed E-state index contributed by atoms with van der Waals surface area (Å²) in [7, 11) is 0. The topological polar surface area (TPSA) is 169 Å². The predicted molar refractivity (Wildman–Crippen MR) is 243 cm³/mol. The maximum atomic E-state index is 11.5. The third kappa shape index (κ3) is 9.81. The van der Waals surface area contributed by atoms with Crippen molar-refractivity contribution in [1.29, 1.82) is 0 Å². The van der Waals surface area contributed by atoms with Crippen LogP contribution >= 0.6 is 0 Å². The molecule has 5 aromatic heterocycles. The number of aromatic nitrogens is 6. The number of nitrogens with zero attached hydrogens (tertiary/aromatic N) is 10. The van der Waals surface area contributed by atoms with Crippen LogP contribution in [-0.2, 0) is 23.7 Å². The van der Waals surface area contributed by atoms with Gasteiger partial charge in [-0.25, -0.2) is 9.97 Å². The largest absolute Gasteiger partial charge is 0.472 e. The molecule has 63 heavy (non-hydrogen) atoms. The third-order valence-electron chi connectivity index (χ3n) is 11.4. The van der Waals surface area contributed by atoms with Crippen LogP contribution in [0.5, 0.6) is 0 Å². The summed E-state index contributed by atoms with van der Waals surface area (Å²) in [5, 5.41) is 4.71. The summed E-state index contributed by atoms with van der Waals surface area (Å²) in [5.74, 6) is 3.09. The van der Waals surface area contributed by atoms with Crippen molar-refractivity contribution >= 4 is 57.2 Å². The number of hydrogen-bond donors (Lipinski definition) is 1. The fraction of sp³-hybridized carbons (Fsp3) is 0.457. The first-order chi connectivity index (χ1) is 30.6. The van der Waals surface area contributed by atoms with E-state index in [-0.39, 0.29) is 30.3 Å². The average Bonchev–Trinajstić information content (AvgIpc) is 3.84. The highest BCUT2D eigenvalue weighted by atomic mass is 16.5. The lowest BCUT2D eigenvalue weighted by molar-refractivity contribution is -0.114. The van der Waals surface area contributed by atoms with Gasteiger partial charge in [0.2, 0.25) is 17.8 Å². The van der Waals surface area contributed by atoms with Crippen LogP contribution < -0.4 is 24.9 Å². The van der Waals surface area contributed by atoms with Crippen LogP contribution in [0.4, 0.5) is 29.2 Å². The van der Waals surface area contributed by atoms with Gasteiger partial charge in [-0.05, 0) is 70.2 Å². The van der Waals surface area contributed by atoms with Gasteiger partial charge in [0.05, 0.1) is 85.5 Å². The number of anilines is 5. The van der Waals surface area contributed by atoms with Gasteiger partial charge in [-0.2, -0.15) is 19.9 Å². The SMILES string of the molecule is CC(=O)Nc1cccc(-c2ccc3c(N4CCOCC4)nc(N4CC(C)OC(C)C4)nc3n2)c1.CC1CN(c2nc(N3CCOCC3)c3ccc(-c4ccoc4)nc3n2)CC(C)O1. The molecule has 0 spiro atoms. The fourth-order valence-corrected chi connectivity index (χ4v) is 8.65. The van der Waals surface area contributed by atoms with Crippen molar-refractivity contribution in [3.05, 3.63) is 67.1 Å². The van der Waals surface area contributed by atoms with Crippen LogP contribution in [-0.4, -0.2) is 139 Å². The van der Waals surface area contributed by atoms with Crippen molar-refractivity contribution in [3.8, 4) is 22.5 Å². The molecule has 1 amide bonds. The van der Waals surface area contributed by atoms with E-state index in [4.69, 9.17) is 53.3 Å². The smallest absolute Gasteiger partial charge is 0.229 e. The second-order valence-corrected chi connectivity index (χ2v) is 16.6. The van der Waals surface area contributed by atoms with E-state index in [9.17, 15) is 4.79 Å². The Balaban J connectivity index is 0.000000162. The Morgan fingerprint density at radius 2 is 1.08 bits per heavy atom. The maximum Gasteiger partial charge on any atom is 0.229 e. The fourth-order valence-electron chi connectivity index (χ4n) is 8.65. The molecular weight excluding hydrogens is 803 g/mol. The predicted octanol–water partition coefficient (Wildman–Crippen LogP) is 5.84. The molecule has 6 aromatic rings. The van der Waals surface area contributed by atoms with Gasteiger partial charge < -0.3 is 48.3 Å². The third-order valence-corrected chi connectivity index (χ3v) is 11.4. The number of carbonyl (C=O) groups is 1. The quantitative estimate of drug-likeness (QED) is 0.203. The Morgan fingerprint density at radius 1 is 0.587 bits per heavy atom. The number of morpholine rings is 4. The lowest BCUT2D eigenvalue weighted by atomic mass is 10.1. The highest BCUT2D eigenvalue weighted by Gasteiger charge is 2.29. The monoisotopic (exact) mass is 857 g/mol. The van der Waals surface area contributed by atoms with Crippen LogP contribution in [0.25, 0.3) is 44.6 Å². The first kappa shape index (κ1) is 42.3. The molecule has 17 nitrogen and oxygen atoms in total. The Morgan fingerprint density at radius 3 is 1.54 bits per heavy atom. The molecule has 1 N–H and O–H groups in total. The molecule has 10 rings (SSSR count). The normalized spacial score (nSPS) is 21.9. The van der Waals surface area contributed by atoms with Gasteiger partial charge in [0.1, 0.15) is 11.6 Å². The number of nitrogens with one attached hydrogen (secondary N) is 1. The zero-order chi connectivity index (χ0) is 43.5. The van der Waals surface area contributed by atoms with E-state index in [0.717, 1.165) is 103 Å². The lowest BCUT2D eigenvalue weighted by Crippen LogP contribution is -2.46. The van der Waals surface area contributed by atoms with Crippen molar-refractivity contribution in [2.75, 3.05) is 104 Å². The van der Waals surface area contributed by atoms with E-state index in [1.807, 2.05) is 48.5 Å². The Labute approximate surface area is 366 Å². The van der Waals surface area contributed by atoms with Gasteiger partial charge in [0.15, 0.2) is 11.3 Å². The molecule has 0 saturated carbocycles. The van der Waals surface area contributed by atoms with Crippen LogP contribution in [0.1, 0.15) is 34.6 Å². The van der Waals surface area contributed by atoms with E-state index >= 15 is 0 Å². The highest BCUT2D eigenvalue weighted by molar-refractivity contribution is 5.92. The average molecular weight is 858 g/mol. The molecule has 1 aromatic carbocycles. The van der Waals surface area contributed by atoms with Crippen molar-refractivity contribution in [3.63, 3.8) is 0 Å². The minimum atomic E-state index is -0.106. The standard InChI is InChI=1S/C25H30N6O3.C21H25N5O3/c1-16-14-31(15-17(2)34-16)25-28-23-21(24(29-25)30-9-11-33-12-10-30)7-8-22(27-23)19-5-4-6-20(13-19)26-18(3)32;1-14-11-26(12-15(2)29-14)21-23-19-17(20(24-21)25-6-9-27-10-7-25)3-4-18(22-19)16-5-8-28-13-16/h4-8,13,16-17H,9-12,14-15H2,1-3H3,(H,26,32);3-5,8,13-15H,6-7,9-12H2,1-2H3. The first-order valence-electron chi connectivity index (χ1n) is 21.9. The summed E-state index contributed by atoms with van der Waals surface area (Å²) in [6, 6.07) is 17.7. The van der Waals surface area contributed by atoms with E-state index in [0.29, 0.717) is 49.6 Å². The van der Waals surface area contributed by atoms with Crippen molar-refractivity contribution in [2.45, 2.75) is 59.0 Å². The van der Waals surface area contributed by atoms with E-state index in [1.54, 1.807) is 12.5 Å². The summed E-state index contributed by atoms with van der Waals surface area (Å²) in [6.07, 6.45) is 3.83. The molecule has 0 radical (unpaired) electrons. The first-order valence-corrected chi connectivity index (χ1v) is 21.9. The van der Waals surface area contributed by atoms with Gasteiger partial charge >= 0.3 is 0 Å². The van der Waals surface area contributed by atoms with Gasteiger partial charge in [-0.15, -0.1) is 0 Å². The molecule has 4 atom stereocenters. The molecule has 0 bridgehead atoms. The van der Waals surface area contributed by atoms with Crippen LogP contribution in [0.15, 0.2) is 71.5 Å². The summed E-state index contributed by atoms with van der Waals surface area (Å²) in [5.41, 5.74) is 5.57. The van der Waals surface area contributed by atoms with Crippen molar-refractivity contribution < 1.29 is 28.2 Å². The zero-order valence-electron chi connectivity index (χ0n) is 36.6. The minimum absolute atomic E-state index is 0.102. The van der Waals surface area contributed by atoms with Crippen LogP contribution in [0, 0.1) is 0 Å². The van der Waals surface area contributed by atoms with E-state index in [2.05, 4.69) is 58.7 Å². The Bertz CT molecular complexity index is 2510. The summed E-state index contributed by atoms with van der Waals surface area (Å²) in [6.45, 7) is 18.7. The number of amides is 1. The van der Waals surface area contributed by atoms with Gasteiger partial charge in [-0.1, -0.05) is 12.1 Å². The number of hydrogen-bond acceptors (Lipinski definition) is 16. The second kappa shape index (κ2) is 18.8. The molecule has 330 valence electrons. The number of benzene rings is 1. The van der Waals surface area contributed by atoms with Crippen molar-refractivity contribution in [1.82, 2.24) is 29.9 Å². The van der Waals surface area contributed by atoms with Crippen LogP contribution in [0.3, 0.4) is 0 Å². The number of rotatable bonds is 7. The molecule has 4 aliphatic heterocycles. The molecule has 4 fully saturated rings. The minimum Gasteiger partial charge on any atom is -0.472 e. The number of ether oxygens (including phenoxy) is 4. The van der Waals surface area contributed by atoms with Crippen molar-refractivity contribution in [2.24, 2.45) is 0 Å². The summed E-state index contributed by atoms with van der Waals surface area (Å²) < 4.78 is 28.1. The number of carbonyl (C=O) groups excluding carboxylic acids is 1. The molecule has 9 heterocycles. The molecule has 0 aliphatic carbocycles. The van der Waals surface area contributed by atoms with E-state index in [1.165, 1.54) is 6.92 Å². The molecule has 4 aliphatic rings. The number of fused-ring (bicyclic) bond motifs is 2. The maximum absolute atomic E-state index is 11.5. The Hall–Kier alpha value is -6.01. The molecule has 4 unspecified atom stereocenters. The number of furan rings is 1. The number of pyridine rings is 2. The second-order valence-electron chi connectivity index (χ2n) is 16.6. The van der Waals surface area contributed by atoms with Crippen LogP contribution in [0.2, 0.25) is 0 Å². The Kier molecular flexibility index (Phi) is 12.6. The molecular formula is C46H55N11O6. The zero-order valence-corrected chi connectivity index (χ0v) is 36.6. The van der Waals surface area contributed by atoms with E-state index < -0.39 is 0 Å². The summed E-state index contributed by atoms with van der Waals surface area (Å²) in [4.78, 5) is 49.9. The molecule has 17 heteroatoms. The van der Waals surface area contributed by atoms with Gasteiger partial charge in [0.25, 0.3) is 0 Å². The lowest BCUT2D eigenvalue weighted by Gasteiger charge is -2.36. The highest BCUT2D eigenvalue weighted by Crippen LogP contribution is 2.32. The molecule has 4 saturated heterocycles.